The van der Waals surface area contributed by atoms with Crippen molar-refractivity contribution >= 4 is 65.4 Å². The van der Waals surface area contributed by atoms with Crippen molar-refractivity contribution in [3.63, 3.8) is 0 Å². The molecular weight excluding hydrogens is 979 g/mol. The number of halogens is 6. The Kier molecular flexibility index (Phi) is 10.3. The fourth-order valence-corrected chi connectivity index (χ4v) is 11.2. The SMILES string of the molecule is FC(F)(F)c1ccc(-c2ccc(-n3c4cc(-n5c6ccccc6c6ccccc65)ccc4c4ccc(-n5c6ccccc6c6ccccc65)cc43)cc2-c2nc(-c3ccccc3)nc(-c3ccccc3)n2)c(C(F)(F)F)c1. The molecule has 77 heavy (non-hydrogen) atoms. The van der Waals surface area contributed by atoms with Gasteiger partial charge >= 0.3 is 12.4 Å². The van der Waals surface area contributed by atoms with Gasteiger partial charge in [0.05, 0.1) is 44.2 Å². The second kappa shape index (κ2) is 17.4. The molecule has 0 unspecified atom stereocenters. The molecule has 370 valence electrons. The first-order valence-corrected chi connectivity index (χ1v) is 24.8. The molecule has 0 fully saturated rings. The van der Waals surface area contributed by atoms with Crippen LogP contribution >= 0.6 is 0 Å². The molecule has 14 aromatic rings. The third-order valence-corrected chi connectivity index (χ3v) is 14.6. The second-order valence-corrected chi connectivity index (χ2v) is 19.0. The molecule has 0 atom stereocenters. The van der Waals surface area contributed by atoms with Crippen molar-refractivity contribution in [3.05, 3.63) is 242 Å². The number of hydrogen-bond donors (Lipinski definition) is 0. The van der Waals surface area contributed by atoms with Crippen LogP contribution in [0.5, 0.6) is 0 Å². The number of benzene rings is 10. The van der Waals surface area contributed by atoms with Gasteiger partial charge in [-0.05, 0) is 83.9 Å². The minimum absolute atomic E-state index is 0.0142. The van der Waals surface area contributed by atoms with Crippen molar-refractivity contribution in [1.29, 1.82) is 0 Å². The van der Waals surface area contributed by atoms with Crippen LogP contribution in [-0.4, -0.2) is 28.7 Å². The van der Waals surface area contributed by atoms with Crippen molar-refractivity contribution in [2.75, 3.05) is 0 Å². The smallest absolute Gasteiger partial charge is 0.309 e. The van der Waals surface area contributed by atoms with Crippen LogP contribution in [-0.2, 0) is 12.4 Å². The summed E-state index contributed by atoms with van der Waals surface area (Å²) in [5, 5.41) is 6.16. The summed E-state index contributed by atoms with van der Waals surface area (Å²) in [7, 11) is 0. The monoisotopic (exact) mass is 1020 g/mol. The van der Waals surface area contributed by atoms with Crippen LogP contribution in [0.3, 0.4) is 0 Å². The molecule has 4 heterocycles. The van der Waals surface area contributed by atoms with Crippen LogP contribution in [0.2, 0.25) is 0 Å². The molecule has 0 N–H and O–H groups in total. The van der Waals surface area contributed by atoms with Gasteiger partial charge < -0.3 is 13.7 Å². The second-order valence-electron chi connectivity index (χ2n) is 19.0. The highest BCUT2D eigenvalue weighted by atomic mass is 19.4. The van der Waals surface area contributed by atoms with E-state index in [2.05, 4.69) is 98.6 Å². The zero-order valence-electron chi connectivity index (χ0n) is 40.4. The van der Waals surface area contributed by atoms with Gasteiger partial charge in [0, 0.05) is 66.1 Å². The molecule has 4 aromatic heterocycles. The van der Waals surface area contributed by atoms with Gasteiger partial charge in [0.25, 0.3) is 0 Å². The van der Waals surface area contributed by atoms with Crippen LogP contribution in [0.15, 0.2) is 231 Å². The van der Waals surface area contributed by atoms with Crippen LogP contribution in [0.1, 0.15) is 11.1 Å². The van der Waals surface area contributed by atoms with Crippen LogP contribution in [0, 0.1) is 0 Å². The molecule has 0 aliphatic carbocycles. The Morgan fingerprint density at radius 2 is 0.636 bits per heavy atom. The maximum atomic E-state index is 15.3. The summed E-state index contributed by atoms with van der Waals surface area (Å²) >= 11 is 0. The predicted molar refractivity (Wildman–Crippen MR) is 295 cm³/mol. The zero-order chi connectivity index (χ0) is 52.2. The minimum atomic E-state index is -5.19. The van der Waals surface area contributed by atoms with E-state index in [1.807, 2.05) is 109 Å². The molecule has 12 heteroatoms. The van der Waals surface area contributed by atoms with E-state index in [4.69, 9.17) is 15.0 Å². The van der Waals surface area contributed by atoms with Crippen LogP contribution in [0.4, 0.5) is 26.3 Å². The Bertz CT molecular complexity index is 4330. The standard InChI is InChI=1S/C65H38F6N6/c66-64(67,68)41-27-31-46(54(35-41)65(69,70)71)45-32-28-42(36-53(45)63-73-61(39-15-3-1-4-16-39)72-62(74-63)40-17-5-2-6-18-40)77-59-37-43(75-55-23-11-7-19-47(55)48-20-8-12-24-56(48)75)29-33-51(59)52-34-30-44(38-60(52)77)76-57-25-13-9-21-49(57)50-22-10-14-26-58(50)76/h1-38H. The van der Waals surface area contributed by atoms with Gasteiger partial charge in [-0.2, -0.15) is 26.3 Å². The van der Waals surface area contributed by atoms with Gasteiger partial charge in [0.15, 0.2) is 17.5 Å². The molecule has 0 aliphatic rings. The number of rotatable bonds is 7. The number of nitrogens with zero attached hydrogens (tertiary/aromatic N) is 6. The fourth-order valence-electron chi connectivity index (χ4n) is 11.2. The molecule has 0 spiro atoms. The number of alkyl halides is 6. The van der Waals surface area contributed by atoms with E-state index in [1.54, 1.807) is 12.1 Å². The quantitative estimate of drug-likeness (QED) is 0.150. The maximum absolute atomic E-state index is 15.3. The molecule has 0 amide bonds. The van der Waals surface area contributed by atoms with Crippen molar-refractivity contribution in [2.45, 2.75) is 12.4 Å². The Balaban J connectivity index is 1.09. The molecule has 0 saturated heterocycles. The average Bonchev–Trinajstić information content (AvgIpc) is 4.25. The first-order valence-electron chi connectivity index (χ1n) is 24.8. The third-order valence-electron chi connectivity index (χ3n) is 14.6. The van der Waals surface area contributed by atoms with Gasteiger partial charge in [0.1, 0.15) is 0 Å². The third kappa shape index (κ3) is 7.54. The first-order chi connectivity index (χ1) is 37.5. The lowest BCUT2D eigenvalue weighted by atomic mass is 9.92. The summed E-state index contributed by atoms with van der Waals surface area (Å²) in [6.45, 7) is 0. The molecule has 14 rings (SSSR count). The number of hydrogen-bond acceptors (Lipinski definition) is 3. The Hall–Kier alpha value is -9.81. The summed E-state index contributed by atoms with van der Waals surface area (Å²) in [6, 6.07) is 70.7. The summed E-state index contributed by atoms with van der Waals surface area (Å²) in [5.41, 5.74) is 5.86. The van der Waals surface area contributed by atoms with E-state index in [-0.39, 0.29) is 34.7 Å². The lowest BCUT2D eigenvalue weighted by Gasteiger charge is -2.20. The van der Waals surface area contributed by atoms with E-state index in [9.17, 15) is 13.2 Å². The van der Waals surface area contributed by atoms with Gasteiger partial charge in [-0.1, -0.05) is 158 Å². The average molecular weight is 1020 g/mol. The molecule has 0 aliphatic heterocycles. The Morgan fingerprint density at radius 1 is 0.273 bits per heavy atom. The summed E-state index contributed by atoms with van der Waals surface area (Å²) in [4.78, 5) is 14.9. The van der Waals surface area contributed by atoms with E-state index in [1.165, 1.54) is 6.07 Å². The molecule has 0 saturated carbocycles. The normalized spacial score (nSPS) is 12.3. The molecular formula is C65H38F6N6. The number of para-hydroxylation sites is 4. The molecule has 6 nitrogen and oxygen atoms in total. The lowest BCUT2D eigenvalue weighted by Crippen LogP contribution is -2.12. The molecule has 0 radical (unpaired) electrons. The highest BCUT2D eigenvalue weighted by molar-refractivity contribution is 6.14. The van der Waals surface area contributed by atoms with Crippen molar-refractivity contribution < 1.29 is 26.3 Å². The summed E-state index contributed by atoms with van der Waals surface area (Å²) in [6.07, 6.45) is -10.2. The largest absolute Gasteiger partial charge is 0.417 e. The van der Waals surface area contributed by atoms with Gasteiger partial charge in [-0.3, -0.25) is 0 Å². The van der Waals surface area contributed by atoms with E-state index >= 15 is 13.2 Å². The highest BCUT2D eigenvalue weighted by Gasteiger charge is 2.39. The number of aromatic nitrogens is 6. The summed E-state index contributed by atoms with van der Waals surface area (Å²) in [5.74, 6) is 0.510. The Morgan fingerprint density at radius 3 is 1.08 bits per heavy atom. The maximum Gasteiger partial charge on any atom is 0.417 e. The molecule has 0 bridgehead atoms. The first kappa shape index (κ1) is 45.8. The predicted octanol–water partition coefficient (Wildman–Crippen LogP) is 17.9. The van der Waals surface area contributed by atoms with Crippen molar-refractivity contribution in [2.24, 2.45) is 0 Å². The van der Waals surface area contributed by atoms with Gasteiger partial charge in [0.2, 0.25) is 0 Å². The zero-order valence-corrected chi connectivity index (χ0v) is 40.4. The van der Waals surface area contributed by atoms with Gasteiger partial charge in [-0.25, -0.2) is 15.0 Å². The number of fused-ring (bicyclic) bond motifs is 9. The van der Waals surface area contributed by atoms with Crippen LogP contribution in [0.25, 0.3) is 128 Å². The van der Waals surface area contributed by atoms with E-state index in [0.29, 0.717) is 22.9 Å². The van der Waals surface area contributed by atoms with E-state index < -0.39 is 29.0 Å². The lowest BCUT2D eigenvalue weighted by molar-refractivity contribution is -0.142. The highest BCUT2D eigenvalue weighted by Crippen LogP contribution is 2.46. The molecule has 10 aromatic carbocycles. The van der Waals surface area contributed by atoms with Crippen molar-refractivity contribution in [3.8, 4) is 62.4 Å². The van der Waals surface area contributed by atoms with E-state index in [0.717, 1.165) is 82.9 Å². The Labute approximate surface area is 435 Å². The fraction of sp³-hybridized carbons (Fsp3) is 0.0308. The minimum Gasteiger partial charge on any atom is -0.309 e. The topological polar surface area (TPSA) is 53.5 Å². The van der Waals surface area contributed by atoms with Gasteiger partial charge in [-0.15, -0.1) is 0 Å². The summed E-state index contributed by atoms with van der Waals surface area (Å²) < 4.78 is 95.3. The van der Waals surface area contributed by atoms with Crippen LogP contribution < -0.4 is 0 Å². The van der Waals surface area contributed by atoms with Crippen molar-refractivity contribution in [1.82, 2.24) is 28.7 Å².